The van der Waals surface area contributed by atoms with E-state index in [1.165, 1.54) is 0 Å². The lowest BCUT2D eigenvalue weighted by Gasteiger charge is -2.10. The molecular weight excluding hydrogens is 329 g/mol. The van der Waals surface area contributed by atoms with E-state index in [2.05, 4.69) is 22.6 Å². The van der Waals surface area contributed by atoms with Gasteiger partial charge in [-0.05, 0) is 35.6 Å². The van der Waals surface area contributed by atoms with E-state index < -0.39 is 16.8 Å². The van der Waals surface area contributed by atoms with Crippen molar-refractivity contribution in [1.82, 2.24) is 4.57 Å². The molecule has 1 heterocycles. The van der Waals surface area contributed by atoms with Gasteiger partial charge in [0.2, 0.25) is 0 Å². The molecule has 1 rings (SSSR count). The Bertz CT molecular complexity index is 402. The second-order valence-corrected chi connectivity index (χ2v) is 6.36. The standard InChI is InChI=1S/C9H12INO3S/c1-6(15(2)14)4-11-5-7(10)3-8(11)9(12)13/h3,5-6H,4H2,1-2H3,(H,12,13). The SMILES string of the molecule is CC(Cn1cc(I)cc1C(=O)O)S(C)=O. The number of rotatable bonds is 4. The average molecular weight is 341 g/mol. The Morgan fingerprint density at radius 2 is 2.33 bits per heavy atom. The van der Waals surface area contributed by atoms with Gasteiger partial charge >= 0.3 is 5.97 Å². The second kappa shape index (κ2) is 5.11. The van der Waals surface area contributed by atoms with Gasteiger partial charge in [0.25, 0.3) is 0 Å². The van der Waals surface area contributed by atoms with Gasteiger partial charge in [-0.15, -0.1) is 0 Å². The maximum atomic E-state index is 11.2. The summed E-state index contributed by atoms with van der Waals surface area (Å²) in [4.78, 5) is 10.9. The third-order valence-electron chi connectivity index (χ3n) is 2.10. The summed E-state index contributed by atoms with van der Waals surface area (Å²) in [5, 5.41) is 8.88. The molecule has 2 unspecified atom stereocenters. The zero-order valence-corrected chi connectivity index (χ0v) is 11.4. The van der Waals surface area contributed by atoms with Crippen molar-refractivity contribution in [3.63, 3.8) is 0 Å². The van der Waals surface area contributed by atoms with Gasteiger partial charge in [0.1, 0.15) is 5.69 Å². The number of hydrogen-bond donors (Lipinski definition) is 1. The number of carbonyl (C=O) groups is 1. The van der Waals surface area contributed by atoms with Crippen molar-refractivity contribution in [2.24, 2.45) is 0 Å². The molecule has 0 fully saturated rings. The van der Waals surface area contributed by atoms with Crippen LogP contribution in [0, 0.1) is 3.57 Å². The minimum atomic E-state index is -0.952. The van der Waals surface area contributed by atoms with Gasteiger partial charge in [0, 0.05) is 38.6 Å². The molecule has 0 aliphatic carbocycles. The molecule has 15 heavy (non-hydrogen) atoms. The minimum absolute atomic E-state index is 0.0497. The molecule has 6 heteroatoms. The van der Waals surface area contributed by atoms with Gasteiger partial charge in [-0.2, -0.15) is 0 Å². The first-order valence-corrected chi connectivity index (χ1v) is 7.03. The van der Waals surface area contributed by atoms with Crippen molar-refractivity contribution < 1.29 is 14.1 Å². The molecule has 0 amide bonds. The summed E-state index contributed by atoms with van der Waals surface area (Å²) in [7, 11) is -0.939. The summed E-state index contributed by atoms with van der Waals surface area (Å²) >= 11 is 2.06. The Hall–Kier alpha value is -0.370. The number of aromatic carboxylic acids is 1. The van der Waals surface area contributed by atoms with Gasteiger partial charge in [0.15, 0.2) is 0 Å². The highest BCUT2D eigenvalue weighted by atomic mass is 127. The van der Waals surface area contributed by atoms with Crippen LogP contribution in [0.1, 0.15) is 17.4 Å². The molecule has 2 atom stereocenters. The molecule has 0 aliphatic heterocycles. The van der Waals surface area contributed by atoms with Crippen LogP contribution < -0.4 is 0 Å². The van der Waals surface area contributed by atoms with Crippen LogP contribution in [0.3, 0.4) is 0 Å². The van der Waals surface area contributed by atoms with E-state index in [9.17, 15) is 9.00 Å². The van der Waals surface area contributed by atoms with Crippen molar-refractivity contribution in [3.05, 3.63) is 21.5 Å². The topological polar surface area (TPSA) is 59.3 Å². The Morgan fingerprint density at radius 1 is 1.73 bits per heavy atom. The molecule has 0 radical (unpaired) electrons. The van der Waals surface area contributed by atoms with Crippen LogP contribution in [0.2, 0.25) is 0 Å². The zero-order chi connectivity index (χ0) is 11.6. The van der Waals surface area contributed by atoms with Crippen LogP contribution in [0.15, 0.2) is 12.3 Å². The maximum Gasteiger partial charge on any atom is 0.352 e. The van der Waals surface area contributed by atoms with E-state index in [1.54, 1.807) is 23.1 Å². The van der Waals surface area contributed by atoms with E-state index in [-0.39, 0.29) is 10.9 Å². The third kappa shape index (κ3) is 3.30. The maximum absolute atomic E-state index is 11.2. The molecule has 0 saturated carbocycles. The molecule has 0 bridgehead atoms. The van der Waals surface area contributed by atoms with Crippen molar-refractivity contribution in [1.29, 1.82) is 0 Å². The van der Waals surface area contributed by atoms with Crippen LogP contribution in [0.4, 0.5) is 0 Å². The summed E-state index contributed by atoms with van der Waals surface area (Å²) < 4.78 is 13.7. The predicted octanol–water partition coefficient (Wildman–Crippen LogP) is 1.56. The molecule has 1 N–H and O–H groups in total. The Kier molecular flexibility index (Phi) is 4.32. The number of carboxylic acids is 1. The molecule has 0 saturated heterocycles. The van der Waals surface area contributed by atoms with Crippen molar-refractivity contribution >= 4 is 39.4 Å². The van der Waals surface area contributed by atoms with E-state index in [1.807, 2.05) is 6.92 Å². The molecule has 4 nitrogen and oxygen atoms in total. The van der Waals surface area contributed by atoms with E-state index in [4.69, 9.17) is 5.11 Å². The van der Waals surface area contributed by atoms with Crippen LogP contribution in [0.5, 0.6) is 0 Å². The lowest BCUT2D eigenvalue weighted by Crippen LogP contribution is -2.19. The van der Waals surface area contributed by atoms with E-state index in [0.29, 0.717) is 6.54 Å². The molecule has 84 valence electrons. The first-order chi connectivity index (χ1) is 6.91. The normalized spacial score (nSPS) is 14.9. The van der Waals surface area contributed by atoms with E-state index >= 15 is 0 Å². The van der Waals surface area contributed by atoms with Crippen LogP contribution in [-0.2, 0) is 17.3 Å². The second-order valence-electron chi connectivity index (χ2n) is 3.31. The highest BCUT2D eigenvalue weighted by molar-refractivity contribution is 14.1. The highest BCUT2D eigenvalue weighted by Gasteiger charge is 2.14. The Labute approximate surface area is 104 Å². The van der Waals surface area contributed by atoms with Gasteiger partial charge in [-0.1, -0.05) is 0 Å². The quantitative estimate of drug-likeness (QED) is 0.846. The predicted molar refractivity (Wildman–Crippen MR) is 67.6 cm³/mol. The van der Waals surface area contributed by atoms with Gasteiger partial charge < -0.3 is 9.67 Å². The van der Waals surface area contributed by atoms with Crippen LogP contribution >= 0.6 is 22.6 Å². The first-order valence-electron chi connectivity index (χ1n) is 4.33. The van der Waals surface area contributed by atoms with Crippen molar-refractivity contribution in [3.8, 4) is 0 Å². The molecule has 0 aromatic carbocycles. The highest BCUT2D eigenvalue weighted by Crippen LogP contribution is 2.13. The fraction of sp³-hybridized carbons (Fsp3) is 0.444. The minimum Gasteiger partial charge on any atom is -0.477 e. The molecule has 1 aromatic heterocycles. The number of aromatic nitrogens is 1. The number of hydrogen-bond acceptors (Lipinski definition) is 2. The van der Waals surface area contributed by atoms with Gasteiger partial charge in [0.05, 0.1) is 0 Å². The fourth-order valence-electron chi connectivity index (χ4n) is 1.19. The zero-order valence-electron chi connectivity index (χ0n) is 8.44. The third-order valence-corrected chi connectivity index (χ3v) is 3.98. The van der Waals surface area contributed by atoms with Gasteiger partial charge in [-0.25, -0.2) is 4.79 Å². The lowest BCUT2D eigenvalue weighted by atomic mass is 10.4. The number of halogens is 1. The summed E-state index contributed by atoms with van der Waals surface area (Å²) in [5.74, 6) is -0.952. The summed E-state index contributed by atoms with van der Waals surface area (Å²) in [6.07, 6.45) is 3.38. The molecule has 0 spiro atoms. The van der Waals surface area contributed by atoms with Crippen LogP contribution in [-0.4, -0.2) is 31.4 Å². The lowest BCUT2D eigenvalue weighted by molar-refractivity contribution is 0.0685. The molecular formula is C9H12INO3S. The van der Waals surface area contributed by atoms with E-state index in [0.717, 1.165) is 3.57 Å². The first kappa shape index (κ1) is 12.7. The van der Waals surface area contributed by atoms with Crippen molar-refractivity contribution in [2.75, 3.05) is 6.26 Å². The fourth-order valence-corrected chi connectivity index (χ4v) is 2.19. The molecule has 0 aliphatic rings. The average Bonchev–Trinajstić information content (AvgIpc) is 2.46. The molecule has 1 aromatic rings. The Balaban J connectivity index is 2.93. The summed E-state index contributed by atoms with van der Waals surface area (Å²) in [6.45, 7) is 2.31. The largest absolute Gasteiger partial charge is 0.477 e. The van der Waals surface area contributed by atoms with Gasteiger partial charge in [-0.3, -0.25) is 4.21 Å². The summed E-state index contributed by atoms with van der Waals surface area (Å²) in [6, 6.07) is 1.61. The van der Waals surface area contributed by atoms with Crippen LogP contribution in [0.25, 0.3) is 0 Å². The monoisotopic (exact) mass is 341 g/mol. The number of nitrogens with zero attached hydrogens (tertiary/aromatic N) is 1. The summed E-state index contributed by atoms with van der Waals surface area (Å²) in [5.41, 5.74) is 0.247. The smallest absolute Gasteiger partial charge is 0.352 e. The number of carboxylic acid groups (broad SMARTS) is 1. The van der Waals surface area contributed by atoms with Crippen molar-refractivity contribution in [2.45, 2.75) is 18.7 Å². The Morgan fingerprint density at radius 3 is 2.80 bits per heavy atom.